The highest BCUT2D eigenvalue weighted by molar-refractivity contribution is 5.68. The zero-order chi connectivity index (χ0) is 17.4. The first-order valence-corrected chi connectivity index (χ1v) is 7.93. The molecule has 2 aromatic carbocycles. The van der Waals surface area contributed by atoms with E-state index in [0.29, 0.717) is 6.54 Å². The summed E-state index contributed by atoms with van der Waals surface area (Å²) in [6.07, 6.45) is 0.140. The second-order valence-corrected chi connectivity index (χ2v) is 5.62. The van der Waals surface area contributed by atoms with Crippen molar-refractivity contribution in [3.8, 4) is 0 Å². The zero-order valence-corrected chi connectivity index (χ0v) is 13.8. The van der Waals surface area contributed by atoms with Gasteiger partial charge in [0.05, 0.1) is 12.1 Å². The molecular weight excluding hydrogens is 302 g/mol. The van der Waals surface area contributed by atoms with Gasteiger partial charge in [-0.25, -0.2) is 4.79 Å². The largest absolute Gasteiger partial charge is 0.445 e. The third-order valence-electron chi connectivity index (χ3n) is 3.86. The van der Waals surface area contributed by atoms with Crippen LogP contribution >= 0.6 is 0 Å². The zero-order valence-electron chi connectivity index (χ0n) is 13.8. The van der Waals surface area contributed by atoms with E-state index in [0.717, 1.165) is 11.1 Å². The SMILES string of the molecule is C=C[C@@H](O)[C@H](C)N(Cc1ccccc1)C(=O)OCc1ccccc1. The van der Waals surface area contributed by atoms with Crippen molar-refractivity contribution in [3.63, 3.8) is 0 Å². The Morgan fingerprint density at radius 2 is 1.67 bits per heavy atom. The second-order valence-electron chi connectivity index (χ2n) is 5.62. The molecule has 4 heteroatoms. The van der Waals surface area contributed by atoms with E-state index in [1.165, 1.54) is 11.0 Å². The molecule has 0 heterocycles. The van der Waals surface area contributed by atoms with Crippen LogP contribution in [0.15, 0.2) is 73.3 Å². The molecule has 0 saturated carbocycles. The Morgan fingerprint density at radius 1 is 1.12 bits per heavy atom. The monoisotopic (exact) mass is 325 g/mol. The summed E-state index contributed by atoms with van der Waals surface area (Å²) in [5.41, 5.74) is 1.89. The summed E-state index contributed by atoms with van der Waals surface area (Å²) < 4.78 is 5.42. The molecule has 0 spiro atoms. The maximum absolute atomic E-state index is 12.5. The fourth-order valence-corrected chi connectivity index (χ4v) is 2.34. The standard InChI is InChI=1S/C20H23NO3/c1-3-19(22)16(2)21(14-17-10-6-4-7-11-17)20(23)24-15-18-12-8-5-9-13-18/h3-13,16,19,22H,1,14-15H2,2H3/t16-,19+/m0/s1. The van der Waals surface area contributed by atoms with Gasteiger partial charge in [-0.15, -0.1) is 6.58 Å². The summed E-state index contributed by atoms with van der Waals surface area (Å²) in [6.45, 7) is 5.93. The van der Waals surface area contributed by atoms with E-state index in [9.17, 15) is 9.90 Å². The van der Waals surface area contributed by atoms with Gasteiger partial charge < -0.3 is 9.84 Å². The van der Waals surface area contributed by atoms with Crippen molar-refractivity contribution in [2.75, 3.05) is 0 Å². The summed E-state index contributed by atoms with van der Waals surface area (Å²) in [7, 11) is 0. The molecule has 0 saturated heterocycles. The predicted molar refractivity (Wildman–Crippen MR) is 94.3 cm³/mol. The molecule has 2 rings (SSSR count). The van der Waals surface area contributed by atoms with E-state index in [2.05, 4.69) is 6.58 Å². The van der Waals surface area contributed by atoms with Crippen LogP contribution in [0.5, 0.6) is 0 Å². The van der Waals surface area contributed by atoms with Crippen LogP contribution in [0, 0.1) is 0 Å². The van der Waals surface area contributed by atoms with Gasteiger partial charge in [-0.1, -0.05) is 66.7 Å². The Kier molecular flexibility index (Phi) is 6.58. The van der Waals surface area contributed by atoms with Gasteiger partial charge in [-0.05, 0) is 18.1 Å². The summed E-state index contributed by atoms with van der Waals surface area (Å²) in [4.78, 5) is 14.1. The molecule has 1 N–H and O–H groups in total. The number of nitrogens with zero attached hydrogens (tertiary/aromatic N) is 1. The van der Waals surface area contributed by atoms with Crippen molar-refractivity contribution in [2.24, 2.45) is 0 Å². The van der Waals surface area contributed by atoms with Gasteiger partial charge >= 0.3 is 6.09 Å². The normalized spacial score (nSPS) is 12.9. The average molecular weight is 325 g/mol. The molecule has 0 fully saturated rings. The molecule has 126 valence electrons. The highest BCUT2D eigenvalue weighted by Gasteiger charge is 2.26. The third kappa shape index (κ3) is 4.96. The molecule has 4 nitrogen and oxygen atoms in total. The molecule has 0 aromatic heterocycles. The van der Waals surface area contributed by atoms with Crippen molar-refractivity contribution in [3.05, 3.63) is 84.4 Å². The lowest BCUT2D eigenvalue weighted by atomic mass is 10.1. The maximum Gasteiger partial charge on any atom is 0.410 e. The molecular formula is C20H23NO3. The number of hydrogen-bond acceptors (Lipinski definition) is 3. The quantitative estimate of drug-likeness (QED) is 0.789. The average Bonchev–Trinajstić information content (AvgIpc) is 2.64. The van der Waals surface area contributed by atoms with E-state index in [-0.39, 0.29) is 6.61 Å². The Hall–Kier alpha value is -2.59. The van der Waals surface area contributed by atoms with Crippen molar-refractivity contribution >= 4 is 6.09 Å². The first-order valence-electron chi connectivity index (χ1n) is 7.93. The minimum Gasteiger partial charge on any atom is -0.445 e. The number of benzene rings is 2. The van der Waals surface area contributed by atoms with E-state index in [1.54, 1.807) is 6.92 Å². The molecule has 0 aliphatic carbocycles. The Morgan fingerprint density at radius 3 is 2.21 bits per heavy atom. The molecule has 24 heavy (non-hydrogen) atoms. The van der Waals surface area contributed by atoms with Gasteiger partial charge in [-0.3, -0.25) is 4.90 Å². The lowest BCUT2D eigenvalue weighted by Gasteiger charge is -2.30. The van der Waals surface area contributed by atoms with Crippen LogP contribution in [-0.2, 0) is 17.9 Å². The lowest BCUT2D eigenvalue weighted by molar-refractivity contribution is 0.0488. The van der Waals surface area contributed by atoms with E-state index in [1.807, 2.05) is 60.7 Å². The second kappa shape index (κ2) is 8.89. The van der Waals surface area contributed by atoms with Crippen LogP contribution < -0.4 is 0 Å². The van der Waals surface area contributed by atoms with Gasteiger partial charge in [0.1, 0.15) is 6.61 Å². The molecule has 0 unspecified atom stereocenters. The molecule has 2 aromatic rings. The van der Waals surface area contributed by atoms with Gasteiger partial charge in [-0.2, -0.15) is 0 Å². The first-order chi connectivity index (χ1) is 11.6. The topological polar surface area (TPSA) is 49.8 Å². The van der Waals surface area contributed by atoms with Gasteiger partial charge in [0.2, 0.25) is 0 Å². The lowest BCUT2D eigenvalue weighted by Crippen LogP contribution is -2.44. The molecule has 2 atom stereocenters. The third-order valence-corrected chi connectivity index (χ3v) is 3.86. The minimum atomic E-state index is -0.821. The Balaban J connectivity index is 2.08. The number of carbonyl (C=O) groups excluding carboxylic acids is 1. The fourth-order valence-electron chi connectivity index (χ4n) is 2.34. The summed E-state index contributed by atoms with van der Waals surface area (Å²) >= 11 is 0. The number of amides is 1. The van der Waals surface area contributed by atoms with Crippen LogP contribution in [0.25, 0.3) is 0 Å². The van der Waals surface area contributed by atoms with Crippen molar-refractivity contribution in [1.82, 2.24) is 4.90 Å². The van der Waals surface area contributed by atoms with Crippen molar-refractivity contribution in [2.45, 2.75) is 32.2 Å². The van der Waals surface area contributed by atoms with E-state index < -0.39 is 18.2 Å². The number of ether oxygens (including phenoxy) is 1. The number of aliphatic hydroxyl groups excluding tert-OH is 1. The highest BCUT2D eigenvalue weighted by atomic mass is 16.6. The van der Waals surface area contributed by atoms with Crippen LogP contribution in [0.1, 0.15) is 18.1 Å². The summed E-state index contributed by atoms with van der Waals surface area (Å²) in [6, 6.07) is 18.7. The predicted octanol–water partition coefficient (Wildman–Crippen LogP) is 3.76. The number of aliphatic hydroxyl groups is 1. The smallest absolute Gasteiger partial charge is 0.410 e. The highest BCUT2D eigenvalue weighted by Crippen LogP contribution is 2.14. The van der Waals surface area contributed by atoms with Crippen molar-refractivity contribution < 1.29 is 14.6 Å². The van der Waals surface area contributed by atoms with E-state index in [4.69, 9.17) is 4.74 Å². The molecule has 0 aliphatic heterocycles. The molecule has 1 amide bonds. The molecule has 0 bridgehead atoms. The van der Waals surface area contributed by atoms with Gasteiger partial charge in [0.25, 0.3) is 0 Å². The number of rotatable bonds is 7. The Labute approximate surface area is 143 Å². The van der Waals surface area contributed by atoms with Gasteiger partial charge in [0, 0.05) is 6.54 Å². The van der Waals surface area contributed by atoms with Crippen LogP contribution in [0.4, 0.5) is 4.79 Å². The van der Waals surface area contributed by atoms with Crippen LogP contribution in [-0.4, -0.2) is 28.2 Å². The van der Waals surface area contributed by atoms with Gasteiger partial charge in [0.15, 0.2) is 0 Å². The fraction of sp³-hybridized carbons (Fsp3) is 0.250. The number of carbonyl (C=O) groups is 1. The minimum absolute atomic E-state index is 0.196. The maximum atomic E-state index is 12.5. The Bertz CT molecular complexity index is 642. The molecule has 0 radical (unpaired) electrons. The first kappa shape index (κ1) is 17.8. The molecule has 0 aliphatic rings. The van der Waals surface area contributed by atoms with Crippen LogP contribution in [0.3, 0.4) is 0 Å². The van der Waals surface area contributed by atoms with Crippen molar-refractivity contribution in [1.29, 1.82) is 0 Å². The van der Waals surface area contributed by atoms with Crippen LogP contribution in [0.2, 0.25) is 0 Å². The number of hydrogen-bond donors (Lipinski definition) is 1. The van der Waals surface area contributed by atoms with E-state index >= 15 is 0 Å². The summed E-state index contributed by atoms with van der Waals surface area (Å²) in [5, 5.41) is 10.0. The summed E-state index contributed by atoms with van der Waals surface area (Å²) in [5.74, 6) is 0.